The molecule has 2 heterocycles. The van der Waals surface area contributed by atoms with Gasteiger partial charge in [0.1, 0.15) is 0 Å². The van der Waals surface area contributed by atoms with Crippen LogP contribution in [-0.4, -0.2) is 38.2 Å². The Morgan fingerprint density at radius 1 is 1.50 bits per heavy atom. The van der Waals surface area contributed by atoms with Crippen molar-refractivity contribution in [2.24, 2.45) is 7.05 Å². The van der Waals surface area contributed by atoms with Crippen molar-refractivity contribution < 1.29 is 9.66 Å². The second-order valence-corrected chi connectivity index (χ2v) is 6.11. The van der Waals surface area contributed by atoms with Gasteiger partial charge in [-0.15, -0.1) is 10.2 Å². The molecule has 1 aromatic heterocycles. The standard InChI is InChI=1S/C14H16N4O3S/c1-17-13(10-4-2-5-11(8-10)18(19)20)15-16-14(17)22-9-12-6-3-7-21-12/h2,4-5,8,12H,3,6-7,9H2,1H3/t12-/m1/s1. The van der Waals surface area contributed by atoms with Gasteiger partial charge < -0.3 is 9.30 Å². The quantitative estimate of drug-likeness (QED) is 0.478. The Hall–Kier alpha value is -1.93. The normalized spacial score (nSPS) is 17.8. The Balaban J connectivity index is 1.77. The molecule has 0 spiro atoms. The molecule has 1 saturated heterocycles. The van der Waals surface area contributed by atoms with Crippen molar-refractivity contribution in [3.8, 4) is 11.4 Å². The lowest BCUT2D eigenvalue weighted by molar-refractivity contribution is -0.384. The van der Waals surface area contributed by atoms with Crippen LogP contribution < -0.4 is 0 Å². The van der Waals surface area contributed by atoms with E-state index in [2.05, 4.69) is 10.2 Å². The van der Waals surface area contributed by atoms with Gasteiger partial charge in [0.2, 0.25) is 0 Å². The molecule has 0 radical (unpaired) electrons. The van der Waals surface area contributed by atoms with Crippen molar-refractivity contribution >= 4 is 17.4 Å². The predicted octanol–water partition coefficient (Wildman–Crippen LogP) is 2.66. The molecule has 22 heavy (non-hydrogen) atoms. The molecular weight excluding hydrogens is 304 g/mol. The van der Waals surface area contributed by atoms with Gasteiger partial charge >= 0.3 is 0 Å². The Morgan fingerprint density at radius 3 is 3.09 bits per heavy atom. The van der Waals surface area contributed by atoms with Crippen LogP contribution in [0.1, 0.15) is 12.8 Å². The van der Waals surface area contributed by atoms with Crippen LogP contribution in [0.2, 0.25) is 0 Å². The second-order valence-electron chi connectivity index (χ2n) is 5.12. The molecule has 0 N–H and O–H groups in total. The minimum atomic E-state index is -0.410. The number of non-ortho nitro benzene ring substituents is 1. The molecule has 1 fully saturated rings. The van der Waals surface area contributed by atoms with Crippen LogP contribution in [-0.2, 0) is 11.8 Å². The summed E-state index contributed by atoms with van der Waals surface area (Å²) in [4.78, 5) is 10.5. The highest BCUT2D eigenvalue weighted by molar-refractivity contribution is 7.99. The number of nitro benzene ring substituents is 1. The Morgan fingerprint density at radius 2 is 2.36 bits per heavy atom. The molecule has 1 aliphatic heterocycles. The van der Waals surface area contributed by atoms with Crippen molar-refractivity contribution in [2.75, 3.05) is 12.4 Å². The molecule has 0 unspecified atom stereocenters. The van der Waals surface area contributed by atoms with Crippen molar-refractivity contribution in [1.29, 1.82) is 0 Å². The van der Waals surface area contributed by atoms with Gasteiger partial charge in [-0.25, -0.2) is 0 Å². The Bertz CT molecular complexity index is 682. The maximum Gasteiger partial charge on any atom is 0.270 e. The third-order valence-corrected chi connectivity index (χ3v) is 4.72. The van der Waals surface area contributed by atoms with Crippen LogP contribution in [0, 0.1) is 10.1 Å². The highest BCUT2D eigenvalue weighted by Gasteiger charge is 2.19. The van der Waals surface area contributed by atoms with Gasteiger partial charge in [-0.05, 0) is 12.8 Å². The lowest BCUT2D eigenvalue weighted by Crippen LogP contribution is -2.08. The lowest BCUT2D eigenvalue weighted by Gasteiger charge is -2.08. The minimum Gasteiger partial charge on any atom is -0.377 e. The first-order valence-electron chi connectivity index (χ1n) is 7.04. The fraction of sp³-hybridized carbons (Fsp3) is 0.429. The molecule has 0 aliphatic carbocycles. The summed E-state index contributed by atoms with van der Waals surface area (Å²) in [6.07, 6.45) is 2.48. The highest BCUT2D eigenvalue weighted by Crippen LogP contribution is 2.27. The largest absolute Gasteiger partial charge is 0.377 e. The SMILES string of the molecule is Cn1c(SC[C@H]2CCCO2)nnc1-c1cccc([N+](=O)[O-])c1. The number of aromatic nitrogens is 3. The first-order chi connectivity index (χ1) is 10.6. The topological polar surface area (TPSA) is 83.1 Å². The molecule has 7 nitrogen and oxygen atoms in total. The Kier molecular flexibility index (Phi) is 4.39. The second kappa shape index (κ2) is 6.45. The Labute approximate surface area is 131 Å². The number of hydrogen-bond acceptors (Lipinski definition) is 6. The van der Waals surface area contributed by atoms with E-state index in [1.807, 2.05) is 11.6 Å². The number of benzene rings is 1. The van der Waals surface area contributed by atoms with Crippen LogP contribution in [0.5, 0.6) is 0 Å². The maximum absolute atomic E-state index is 10.9. The van der Waals surface area contributed by atoms with Gasteiger partial charge in [0.25, 0.3) is 5.69 Å². The summed E-state index contributed by atoms with van der Waals surface area (Å²) in [5, 5.41) is 20.0. The van der Waals surface area contributed by atoms with Crippen molar-refractivity contribution in [3.05, 3.63) is 34.4 Å². The molecule has 116 valence electrons. The van der Waals surface area contributed by atoms with E-state index in [-0.39, 0.29) is 11.8 Å². The molecule has 1 aliphatic rings. The fourth-order valence-corrected chi connectivity index (χ4v) is 3.37. The predicted molar refractivity (Wildman–Crippen MR) is 82.8 cm³/mol. The van der Waals surface area contributed by atoms with Gasteiger partial charge in [0.05, 0.1) is 11.0 Å². The lowest BCUT2D eigenvalue weighted by atomic mass is 10.2. The first-order valence-corrected chi connectivity index (χ1v) is 8.02. The zero-order valence-electron chi connectivity index (χ0n) is 12.1. The van der Waals surface area contributed by atoms with Crippen LogP contribution in [0.25, 0.3) is 11.4 Å². The number of ether oxygens (including phenoxy) is 1. The zero-order chi connectivity index (χ0) is 15.5. The number of thioether (sulfide) groups is 1. The smallest absolute Gasteiger partial charge is 0.270 e. The monoisotopic (exact) mass is 320 g/mol. The summed E-state index contributed by atoms with van der Waals surface area (Å²) >= 11 is 1.60. The molecule has 0 amide bonds. The van der Waals surface area contributed by atoms with Gasteiger partial charge in [0.15, 0.2) is 11.0 Å². The van der Waals surface area contributed by atoms with Crippen molar-refractivity contribution in [3.63, 3.8) is 0 Å². The summed E-state index contributed by atoms with van der Waals surface area (Å²) < 4.78 is 7.45. The number of nitrogens with zero attached hydrogens (tertiary/aromatic N) is 4. The molecule has 8 heteroatoms. The average molecular weight is 320 g/mol. The molecular formula is C14H16N4O3S. The van der Waals surface area contributed by atoms with Crippen LogP contribution in [0.4, 0.5) is 5.69 Å². The highest BCUT2D eigenvalue weighted by atomic mass is 32.2. The van der Waals surface area contributed by atoms with Gasteiger partial charge in [-0.2, -0.15) is 0 Å². The average Bonchev–Trinajstić information content (AvgIpc) is 3.15. The van der Waals surface area contributed by atoms with Gasteiger partial charge in [-0.1, -0.05) is 23.9 Å². The summed E-state index contributed by atoms with van der Waals surface area (Å²) in [5.74, 6) is 1.47. The third-order valence-electron chi connectivity index (χ3n) is 3.57. The molecule has 1 aromatic carbocycles. The number of rotatable bonds is 5. The zero-order valence-corrected chi connectivity index (χ0v) is 13.0. The van der Waals surface area contributed by atoms with Crippen LogP contribution in [0.3, 0.4) is 0 Å². The van der Waals surface area contributed by atoms with Crippen LogP contribution >= 0.6 is 11.8 Å². The van der Waals surface area contributed by atoms with E-state index in [0.29, 0.717) is 11.4 Å². The first kappa shape index (κ1) is 15.0. The van der Waals surface area contributed by atoms with E-state index in [4.69, 9.17) is 4.74 Å². The molecule has 2 aromatic rings. The number of hydrogen-bond donors (Lipinski definition) is 0. The third kappa shape index (κ3) is 3.12. The molecule has 3 rings (SSSR count). The minimum absolute atomic E-state index is 0.0501. The van der Waals surface area contributed by atoms with Crippen molar-refractivity contribution in [1.82, 2.24) is 14.8 Å². The fourth-order valence-electron chi connectivity index (χ4n) is 2.39. The van der Waals surface area contributed by atoms with E-state index < -0.39 is 4.92 Å². The molecule has 0 bridgehead atoms. The van der Waals surface area contributed by atoms with E-state index in [1.54, 1.807) is 23.9 Å². The van der Waals surface area contributed by atoms with E-state index in [1.165, 1.54) is 12.1 Å². The van der Waals surface area contributed by atoms with Gasteiger partial charge in [0, 0.05) is 37.1 Å². The van der Waals surface area contributed by atoms with E-state index in [9.17, 15) is 10.1 Å². The molecule has 1 atom stereocenters. The summed E-state index contributed by atoms with van der Waals surface area (Å²) in [5.41, 5.74) is 0.738. The summed E-state index contributed by atoms with van der Waals surface area (Å²) in [6, 6.07) is 6.43. The summed E-state index contributed by atoms with van der Waals surface area (Å²) in [6.45, 7) is 0.836. The van der Waals surface area contributed by atoms with E-state index in [0.717, 1.165) is 30.4 Å². The number of nitro groups is 1. The molecule has 0 saturated carbocycles. The maximum atomic E-state index is 10.9. The summed E-state index contributed by atoms with van der Waals surface area (Å²) in [7, 11) is 1.87. The van der Waals surface area contributed by atoms with E-state index >= 15 is 0 Å². The van der Waals surface area contributed by atoms with Crippen LogP contribution in [0.15, 0.2) is 29.4 Å². The van der Waals surface area contributed by atoms with Crippen molar-refractivity contribution in [2.45, 2.75) is 24.1 Å². The van der Waals surface area contributed by atoms with Gasteiger partial charge in [-0.3, -0.25) is 10.1 Å².